The smallest absolute Gasteiger partial charge is 0.121 e. The average molecular weight is 257 g/mol. The zero-order chi connectivity index (χ0) is 13.7. The number of benzene rings is 1. The lowest BCUT2D eigenvalue weighted by Gasteiger charge is -2.30. The van der Waals surface area contributed by atoms with Crippen LogP contribution in [0, 0.1) is 5.92 Å². The second-order valence-electron chi connectivity index (χ2n) is 5.10. The molecule has 0 aliphatic carbocycles. The van der Waals surface area contributed by atoms with E-state index in [1.54, 1.807) is 6.26 Å². The normalized spacial score (nSPS) is 15.9. The maximum atomic E-state index is 5.62. The van der Waals surface area contributed by atoms with Crippen LogP contribution in [-0.2, 0) is 0 Å². The molecule has 1 N–H and O–H groups in total. The number of hydrogen-bond donors (Lipinski definition) is 1. The second-order valence-corrected chi connectivity index (χ2v) is 5.10. The highest BCUT2D eigenvalue weighted by molar-refractivity contribution is 5.25. The van der Waals surface area contributed by atoms with Crippen molar-refractivity contribution in [3.05, 3.63) is 60.1 Å². The quantitative estimate of drug-likeness (QED) is 0.831. The minimum Gasteiger partial charge on any atom is -0.468 e. The number of rotatable bonds is 6. The lowest BCUT2D eigenvalue weighted by Crippen LogP contribution is -2.27. The Bertz CT molecular complexity index is 463. The molecular formula is C17H23NO. The highest BCUT2D eigenvalue weighted by atomic mass is 16.3. The molecule has 0 saturated heterocycles. The molecule has 3 unspecified atom stereocenters. The molecule has 2 heteroatoms. The lowest BCUT2D eigenvalue weighted by atomic mass is 9.79. The van der Waals surface area contributed by atoms with E-state index in [4.69, 9.17) is 4.42 Å². The van der Waals surface area contributed by atoms with Crippen LogP contribution < -0.4 is 5.32 Å². The van der Waals surface area contributed by atoms with E-state index in [9.17, 15) is 0 Å². The van der Waals surface area contributed by atoms with Gasteiger partial charge in [0.2, 0.25) is 0 Å². The van der Waals surface area contributed by atoms with Crippen LogP contribution in [0.1, 0.15) is 43.6 Å². The molecule has 19 heavy (non-hydrogen) atoms. The molecule has 102 valence electrons. The van der Waals surface area contributed by atoms with Gasteiger partial charge in [-0.2, -0.15) is 0 Å². The Balaban J connectivity index is 2.37. The first-order valence-electron chi connectivity index (χ1n) is 7.03. The first kappa shape index (κ1) is 13.9. The average Bonchev–Trinajstić information content (AvgIpc) is 2.98. The Labute approximate surface area is 115 Å². The second kappa shape index (κ2) is 6.58. The number of nitrogens with one attached hydrogen (secondary N) is 1. The Hall–Kier alpha value is -1.54. The summed E-state index contributed by atoms with van der Waals surface area (Å²) in [4.78, 5) is 0. The summed E-state index contributed by atoms with van der Waals surface area (Å²) in [6.45, 7) is 4.56. The van der Waals surface area contributed by atoms with Gasteiger partial charge in [0.1, 0.15) is 5.76 Å². The Morgan fingerprint density at radius 2 is 1.84 bits per heavy atom. The van der Waals surface area contributed by atoms with E-state index >= 15 is 0 Å². The molecule has 0 radical (unpaired) electrons. The zero-order valence-corrected chi connectivity index (χ0v) is 12.0. The van der Waals surface area contributed by atoms with Crippen LogP contribution >= 0.6 is 0 Å². The third kappa shape index (κ3) is 3.07. The minimum atomic E-state index is 0.215. The summed E-state index contributed by atoms with van der Waals surface area (Å²) >= 11 is 0. The van der Waals surface area contributed by atoms with Gasteiger partial charge < -0.3 is 9.73 Å². The third-order valence-corrected chi connectivity index (χ3v) is 3.96. The molecule has 1 aromatic heterocycles. The molecule has 2 aromatic rings. The van der Waals surface area contributed by atoms with E-state index < -0.39 is 0 Å². The maximum Gasteiger partial charge on any atom is 0.121 e. The van der Waals surface area contributed by atoms with Crippen molar-refractivity contribution in [2.45, 2.75) is 32.2 Å². The number of furan rings is 1. The molecule has 0 aliphatic rings. The Morgan fingerprint density at radius 1 is 1.11 bits per heavy atom. The van der Waals surface area contributed by atoms with E-state index in [0.29, 0.717) is 11.8 Å². The van der Waals surface area contributed by atoms with Crippen LogP contribution in [0.5, 0.6) is 0 Å². The van der Waals surface area contributed by atoms with Crippen LogP contribution in [0.4, 0.5) is 0 Å². The maximum absolute atomic E-state index is 5.62. The molecule has 0 bridgehead atoms. The SMILES string of the molecule is CCC(C)C(c1ccccc1)C(NC)c1ccco1. The molecule has 2 rings (SSSR count). The summed E-state index contributed by atoms with van der Waals surface area (Å²) in [5.41, 5.74) is 1.37. The summed E-state index contributed by atoms with van der Waals surface area (Å²) in [5, 5.41) is 3.42. The predicted molar refractivity (Wildman–Crippen MR) is 79.1 cm³/mol. The fourth-order valence-electron chi connectivity index (χ4n) is 2.75. The van der Waals surface area contributed by atoms with E-state index in [0.717, 1.165) is 12.2 Å². The molecule has 1 aromatic carbocycles. The van der Waals surface area contributed by atoms with Gasteiger partial charge in [-0.25, -0.2) is 0 Å². The van der Waals surface area contributed by atoms with Gasteiger partial charge in [-0.05, 0) is 30.7 Å². The lowest BCUT2D eigenvalue weighted by molar-refractivity contribution is 0.312. The van der Waals surface area contributed by atoms with E-state index in [-0.39, 0.29) is 6.04 Å². The molecule has 0 spiro atoms. The predicted octanol–water partition coefficient (Wildman–Crippen LogP) is 4.37. The molecule has 0 saturated carbocycles. The summed E-state index contributed by atoms with van der Waals surface area (Å²) < 4.78 is 5.62. The fraction of sp³-hybridized carbons (Fsp3) is 0.412. The van der Waals surface area contributed by atoms with Crippen molar-refractivity contribution in [3.63, 3.8) is 0 Å². The first-order chi connectivity index (χ1) is 9.27. The van der Waals surface area contributed by atoms with Gasteiger partial charge in [0.15, 0.2) is 0 Å². The van der Waals surface area contributed by atoms with Crippen LogP contribution in [0.25, 0.3) is 0 Å². The molecule has 0 fully saturated rings. The summed E-state index contributed by atoms with van der Waals surface area (Å²) in [5.74, 6) is 2.02. The standard InChI is InChI=1S/C17H23NO/c1-4-13(2)16(14-9-6-5-7-10-14)17(18-3)15-11-8-12-19-15/h5-13,16-18H,4H2,1-3H3. The summed E-state index contributed by atoms with van der Waals surface area (Å²) in [7, 11) is 2.01. The monoisotopic (exact) mass is 257 g/mol. The molecule has 2 nitrogen and oxygen atoms in total. The van der Waals surface area contributed by atoms with Crippen molar-refractivity contribution in [2.75, 3.05) is 7.05 Å². The molecule has 0 amide bonds. The highest BCUT2D eigenvalue weighted by Gasteiger charge is 2.29. The molecule has 0 aliphatic heterocycles. The summed E-state index contributed by atoms with van der Waals surface area (Å²) in [6, 6.07) is 14.9. The van der Waals surface area contributed by atoms with Gasteiger partial charge in [-0.1, -0.05) is 50.6 Å². The van der Waals surface area contributed by atoms with Gasteiger partial charge in [-0.15, -0.1) is 0 Å². The Kier molecular flexibility index (Phi) is 4.80. The highest BCUT2D eigenvalue weighted by Crippen LogP contribution is 2.38. The van der Waals surface area contributed by atoms with Crippen molar-refractivity contribution >= 4 is 0 Å². The third-order valence-electron chi connectivity index (χ3n) is 3.96. The van der Waals surface area contributed by atoms with Crippen molar-refractivity contribution in [1.29, 1.82) is 0 Å². The van der Waals surface area contributed by atoms with Crippen LogP contribution in [0.15, 0.2) is 53.1 Å². The number of likely N-dealkylation sites (N-methyl/N-ethyl adjacent to an activating group) is 1. The van der Waals surface area contributed by atoms with Crippen molar-refractivity contribution in [3.8, 4) is 0 Å². The van der Waals surface area contributed by atoms with Crippen molar-refractivity contribution in [1.82, 2.24) is 5.32 Å². The summed E-state index contributed by atoms with van der Waals surface area (Å²) in [6.07, 6.45) is 2.90. The van der Waals surface area contributed by atoms with Crippen LogP contribution in [0.3, 0.4) is 0 Å². The van der Waals surface area contributed by atoms with Crippen molar-refractivity contribution in [2.24, 2.45) is 5.92 Å². The van der Waals surface area contributed by atoms with Gasteiger partial charge in [0.05, 0.1) is 12.3 Å². The largest absolute Gasteiger partial charge is 0.468 e. The van der Waals surface area contributed by atoms with Crippen molar-refractivity contribution < 1.29 is 4.42 Å². The van der Waals surface area contributed by atoms with Crippen LogP contribution in [0.2, 0.25) is 0 Å². The van der Waals surface area contributed by atoms with E-state index in [1.165, 1.54) is 5.56 Å². The van der Waals surface area contributed by atoms with Gasteiger partial charge in [-0.3, -0.25) is 0 Å². The zero-order valence-electron chi connectivity index (χ0n) is 12.0. The van der Waals surface area contributed by atoms with Gasteiger partial charge in [0, 0.05) is 5.92 Å². The molecule has 3 atom stereocenters. The van der Waals surface area contributed by atoms with E-state index in [1.807, 2.05) is 13.1 Å². The fourth-order valence-corrected chi connectivity index (χ4v) is 2.75. The van der Waals surface area contributed by atoms with Crippen LogP contribution in [-0.4, -0.2) is 7.05 Å². The molecular weight excluding hydrogens is 234 g/mol. The first-order valence-corrected chi connectivity index (χ1v) is 7.03. The molecule has 1 heterocycles. The number of hydrogen-bond acceptors (Lipinski definition) is 2. The van der Waals surface area contributed by atoms with E-state index in [2.05, 4.69) is 55.6 Å². The Morgan fingerprint density at radius 3 is 2.37 bits per heavy atom. The van der Waals surface area contributed by atoms with Gasteiger partial charge >= 0.3 is 0 Å². The topological polar surface area (TPSA) is 25.2 Å². The minimum absolute atomic E-state index is 0.215. The van der Waals surface area contributed by atoms with Gasteiger partial charge in [0.25, 0.3) is 0 Å².